The molecule has 0 radical (unpaired) electrons. The fourth-order valence-corrected chi connectivity index (χ4v) is 1.57. The minimum absolute atomic E-state index is 0.224. The summed E-state index contributed by atoms with van der Waals surface area (Å²) in [6.45, 7) is 3.08. The van der Waals surface area contributed by atoms with E-state index in [4.69, 9.17) is 5.11 Å². The van der Waals surface area contributed by atoms with Crippen molar-refractivity contribution in [3.63, 3.8) is 0 Å². The molecule has 0 bridgehead atoms. The Morgan fingerprint density at radius 1 is 1.50 bits per heavy atom. The summed E-state index contributed by atoms with van der Waals surface area (Å²) in [5.41, 5.74) is 2.36. The summed E-state index contributed by atoms with van der Waals surface area (Å²) in [5.74, 6) is 0. The van der Waals surface area contributed by atoms with Crippen molar-refractivity contribution < 1.29 is 5.11 Å². The van der Waals surface area contributed by atoms with Crippen LogP contribution in [0.4, 0.5) is 5.69 Å². The Kier molecular flexibility index (Phi) is 5.22. The number of hydrogen-bond donors (Lipinski definition) is 2. The van der Waals surface area contributed by atoms with E-state index in [1.165, 1.54) is 11.3 Å². The van der Waals surface area contributed by atoms with E-state index < -0.39 is 0 Å². The topological polar surface area (TPSA) is 48.4 Å². The molecule has 0 amide bonds. The second-order valence-electron chi connectivity index (χ2n) is 4.19. The van der Waals surface area contributed by atoms with Gasteiger partial charge in [0.25, 0.3) is 0 Å². The van der Waals surface area contributed by atoms with Gasteiger partial charge < -0.3 is 15.3 Å². The van der Waals surface area contributed by atoms with Crippen molar-refractivity contribution in [2.24, 2.45) is 0 Å². The molecule has 0 aromatic carbocycles. The highest BCUT2D eigenvalue weighted by molar-refractivity contribution is 5.50. The van der Waals surface area contributed by atoms with E-state index in [2.05, 4.69) is 22.1 Å². The van der Waals surface area contributed by atoms with Crippen LogP contribution in [0.3, 0.4) is 0 Å². The zero-order valence-electron chi connectivity index (χ0n) is 10.3. The summed E-state index contributed by atoms with van der Waals surface area (Å²) in [5, 5.41) is 12.2. The summed E-state index contributed by atoms with van der Waals surface area (Å²) < 4.78 is 0. The summed E-state index contributed by atoms with van der Waals surface area (Å²) in [6, 6.07) is 2.33. The van der Waals surface area contributed by atoms with Gasteiger partial charge in [-0.3, -0.25) is 4.98 Å². The second-order valence-corrected chi connectivity index (χ2v) is 4.19. The molecule has 0 fully saturated rings. The zero-order valence-corrected chi connectivity index (χ0v) is 10.3. The van der Waals surface area contributed by atoms with Gasteiger partial charge in [0, 0.05) is 56.9 Å². The number of hydrogen-bond acceptors (Lipinski definition) is 4. The van der Waals surface area contributed by atoms with Crippen molar-refractivity contribution in [1.29, 1.82) is 0 Å². The van der Waals surface area contributed by atoms with Crippen molar-refractivity contribution in [1.82, 2.24) is 10.3 Å². The number of anilines is 1. The maximum Gasteiger partial charge on any atom is 0.0445 e. The molecular weight excluding hydrogens is 202 g/mol. The van der Waals surface area contributed by atoms with Crippen LogP contribution in [0.2, 0.25) is 0 Å². The maximum atomic E-state index is 8.82. The fraction of sp³-hybridized carbons (Fsp3) is 0.583. The molecule has 1 aromatic rings. The first-order chi connectivity index (χ1) is 7.65. The molecule has 0 aliphatic carbocycles. The van der Waals surface area contributed by atoms with Crippen LogP contribution in [-0.2, 0) is 6.54 Å². The van der Waals surface area contributed by atoms with Gasteiger partial charge in [-0.05, 0) is 19.4 Å². The van der Waals surface area contributed by atoms with Gasteiger partial charge in [-0.15, -0.1) is 0 Å². The highest BCUT2D eigenvalue weighted by Gasteiger charge is 2.06. The Morgan fingerprint density at radius 3 is 2.88 bits per heavy atom. The van der Waals surface area contributed by atoms with Gasteiger partial charge in [0.2, 0.25) is 0 Å². The molecule has 1 aromatic heterocycles. The minimum atomic E-state index is 0.224. The number of nitrogens with zero attached hydrogens (tertiary/aromatic N) is 2. The van der Waals surface area contributed by atoms with Gasteiger partial charge in [-0.1, -0.05) is 0 Å². The van der Waals surface area contributed by atoms with Crippen molar-refractivity contribution in [3.8, 4) is 0 Å². The van der Waals surface area contributed by atoms with Gasteiger partial charge in [-0.25, -0.2) is 0 Å². The third kappa shape index (κ3) is 3.79. The Balaban J connectivity index is 2.59. The summed E-state index contributed by atoms with van der Waals surface area (Å²) in [7, 11) is 4.05. The first-order valence-corrected chi connectivity index (χ1v) is 5.59. The van der Waals surface area contributed by atoms with Gasteiger partial charge in [0.1, 0.15) is 0 Å². The lowest BCUT2D eigenvalue weighted by atomic mass is 10.2. The van der Waals surface area contributed by atoms with Crippen LogP contribution < -0.4 is 10.2 Å². The number of nitrogens with one attached hydrogen (secondary N) is 1. The predicted molar refractivity (Wildman–Crippen MR) is 66.6 cm³/mol. The third-order valence-electron chi connectivity index (χ3n) is 2.56. The van der Waals surface area contributed by atoms with Crippen LogP contribution in [0.5, 0.6) is 0 Å². The molecule has 0 saturated heterocycles. The molecule has 90 valence electrons. The van der Waals surface area contributed by atoms with E-state index in [-0.39, 0.29) is 6.61 Å². The smallest absolute Gasteiger partial charge is 0.0445 e. The molecule has 0 unspecified atom stereocenters. The fourth-order valence-electron chi connectivity index (χ4n) is 1.57. The molecule has 16 heavy (non-hydrogen) atoms. The van der Waals surface area contributed by atoms with E-state index in [1.807, 2.05) is 26.4 Å². The molecular formula is C12H21N3O. The lowest BCUT2D eigenvalue weighted by molar-refractivity contribution is 0.268. The highest BCUT2D eigenvalue weighted by Crippen LogP contribution is 2.16. The molecule has 4 heteroatoms. The van der Waals surface area contributed by atoms with E-state index in [0.717, 1.165) is 13.0 Å². The molecule has 1 rings (SSSR count). The molecule has 4 nitrogen and oxygen atoms in total. The first kappa shape index (κ1) is 12.9. The van der Waals surface area contributed by atoms with E-state index in [9.17, 15) is 0 Å². The zero-order chi connectivity index (χ0) is 12.0. The normalized spacial score (nSPS) is 12.5. The SMILES string of the molecule is C[C@H](CCO)NCc1cnccc1N(C)C. The average Bonchev–Trinajstić information content (AvgIpc) is 2.27. The summed E-state index contributed by atoms with van der Waals surface area (Å²) >= 11 is 0. The van der Waals surface area contributed by atoms with Crippen molar-refractivity contribution >= 4 is 5.69 Å². The van der Waals surface area contributed by atoms with Crippen LogP contribution in [0.15, 0.2) is 18.5 Å². The van der Waals surface area contributed by atoms with Crippen LogP contribution in [0, 0.1) is 0 Å². The van der Waals surface area contributed by atoms with Crippen molar-refractivity contribution in [2.45, 2.75) is 25.9 Å². The van der Waals surface area contributed by atoms with E-state index >= 15 is 0 Å². The molecule has 0 spiro atoms. The largest absolute Gasteiger partial charge is 0.396 e. The van der Waals surface area contributed by atoms with Gasteiger partial charge in [0.15, 0.2) is 0 Å². The highest BCUT2D eigenvalue weighted by atomic mass is 16.3. The van der Waals surface area contributed by atoms with Crippen molar-refractivity contribution in [3.05, 3.63) is 24.0 Å². The number of aliphatic hydroxyl groups is 1. The lowest BCUT2D eigenvalue weighted by Gasteiger charge is -2.19. The number of rotatable bonds is 6. The molecule has 0 aliphatic rings. The van der Waals surface area contributed by atoms with Gasteiger partial charge in [0.05, 0.1) is 0 Å². The number of pyridine rings is 1. The standard InChI is InChI=1S/C12H21N3O/c1-10(5-7-16)14-9-11-8-13-6-4-12(11)15(2)3/h4,6,8,10,14,16H,5,7,9H2,1-3H3/t10-/m1/s1. The van der Waals surface area contributed by atoms with Crippen LogP contribution in [-0.4, -0.2) is 36.8 Å². The molecule has 0 aliphatic heterocycles. The van der Waals surface area contributed by atoms with Crippen LogP contribution in [0.25, 0.3) is 0 Å². The molecule has 2 N–H and O–H groups in total. The quantitative estimate of drug-likeness (QED) is 0.755. The van der Waals surface area contributed by atoms with E-state index in [1.54, 1.807) is 6.20 Å². The Morgan fingerprint density at radius 2 is 2.25 bits per heavy atom. The summed E-state index contributed by atoms with van der Waals surface area (Å²) in [4.78, 5) is 6.21. The lowest BCUT2D eigenvalue weighted by Crippen LogP contribution is -2.27. The monoisotopic (exact) mass is 223 g/mol. The average molecular weight is 223 g/mol. The predicted octanol–water partition coefficient (Wildman–Crippen LogP) is 1.01. The second kappa shape index (κ2) is 6.45. The van der Waals surface area contributed by atoms with Crippen LogP contribution in [0.1, 0.15) is 18.9 Å². The third-order valence-corrected chi connectivity index (χ3v) is 2.56. The number of aliphatic hydroxyl groups excluding tert-OH is 1. The van der Waals surface area contributed by atoms with Gasteiger partial charge in [-0.2, -0.15) is 0 Å². The van der Waals surface area contributed by atoms with E-state index in [0.29, 0.717) is 6.04 Å². The Bertz CT molecular complexity index is 315. The molecule has 1 heterocycles. The molecule has 0 saturated carbocycles. The minimum Gasteiger partial charge on any atom is -0.396 e. The first-order valence-electron chi connectivity index (χ1n) is 5.59. The Labute approximate surface area is 97.3 Å². The Hall–Kier alpha value is -1.13. The van der Waals surface area contributed by atoms with Crippen LogP contribution >= 0.6 is 0 Å². The summed E-state index contributed by atoms with van der Waals surface area (Å²) in [6.07, 6.45) is 4.46. The van der Waals surface area contributed by atoms with Gasteiger partial charge >= 0.3 is 0 Å². The number of aromatic nitrogens is 1. The van der Waals surface area contributed by atoms with Crippen molar-refractivity contribution in [2.75, 3.05) is 25.6 Å². The maximum absolute atomic E-state index is 8.82. The molecule has 1 atom stereocenters.